The predicted octanol–water partition coefficient (Wildman–Crippen LogP) is 3.53. The van der Waals surface area contributed by atoms with Crippen molar-refractivity contribution in [2.24, 2.45) is 0 Å². The van der Waals surface area contributed by atoms with Gasteiger partial charge >= 0.3 is 0 Å². The molecule has 0 radical (unpaired) electrons. The van der Waals surface area contributed by atoms with Gasteiger partial charge in [-0.2, -0.15) is 5.10 Å². The fraction of sp³-hybridized carbons (Fsp3) is 0.391. The maximum absolute atomic E-state index is 12.9. The number of carbonyl (C=O) groups excluding carboxylic acids is 1. The van der Waals surface area contributed by atoms with Crippen molar-refractivity contribution < 1.29 is 4.79 Å². The number of likely N-dealkylation sites (tertiary alicyclic amines) is 1. The van der Waals surface area contributed by atoms with Crippen molar-refractivity contribution in [1.82, 2.24) is 24.6 Å². The molecule has 31 heavy (non-hydrogen) atoms. The molecule has 0 spiro atoms. The van der Waals surface area contributed by atoms with Gasteiger partial charge < -0.3 is 9.80 Å². The van der Waals surface area contributed by atoms with Crippen LogP contribution in [0.1, 0.15) is 24.5 Å². The number of anilines is 1. The highest BCUT2D eigenvalue weighted by Gasteiger charge is 2.28. The first-order chi connectivity index (χ1) is 15.0. The van der Waals surface area contributed by atoms with Gasteiger partial charge in [-0.25, -0.2) is 9.97 Å². The summed E-state index contributed by atoms with van der Waals surface area (Å²) < 4.78 is 1.68. The second-order valence-corrected chi connectivity index (χ2v) is 8.85. The monoisotopic (exact) mass is 436 g/mol. The summed E-state index contributed by atoms with van der Waals surface area (Å²) >= 11 is 1.73. The third-order valence-corrected chi connectivity index (χ3v) is 6.37. The molecule has 1 saturated heterocycles. The number of hydrogen-bond donors (Lipinski definition) is 0. The second-order valence-electron chi connectivity index (χ2n) is 7.97. The number of thioether (sulfide) groups is 1. The van der Waals surface area contributed by atoms with E-state index in [0.717, 1.165) is 36.2 Å². The van der Waals surface area contributed by atoms with E-state index in [4.69, 9.17) is 4.98 Å². The predicted molar refractivity (Wildman–Crippen MR) is 124 cm³/mol. The standard InChI is InChI=1S/C23H28N6OS/c1-27(2)23-24-14-20(17-7-9-19(31-3)10-8-17)22(26-23)18-6-4-12-28(15-18)21(30)16-29-13-5-11-25-29/h5,7-11,13-14,18H,4,6,12,15-16H2,1-3H3/t18-/m0/s1. The van der Waals surface area contributed by atoms with Crippen LogP contribution < -0.4 is 4.90 Å². The van der Waals surface area contributed by atoms with Gasteiger partial charge in [0, 0.05) is 62.2 Å². The Balaban J connectivity index is 1.62. The van der Waals surface area contributed by atoms with Crippen molar-refractivity contribution in [1.29, 1.82) is 0 Å². The van der Waals surface area contributed by atoms with Crippen molar-refractivity contribution in [3.63, 3.8) is 0 Å². The van der Waals surface area contributed by atoms with Gasteiger partial charge in [-0.05, 0) is 42.9 Å². The molecule has 1 amide bonds. The molecule has 0 N–H and O–H groups in total. The van der Waals surface area contributed by atoms with Crippen LogP contribution in [0.2, 0.25) is 0 Å². The Hall–Kier alpha value is -2.87. The van der Waals surface area contributed by atoms with Crippen LogP contribution in [-0.2, 0) is 11.3 Å². The molecule has 8 heteroatoms. The molecule has 2 aromatic heterocycles. The number of hydrogen-bond acceptors (Lipinski definition) is 6. The number of amides is 1. The average molecular weight is 437 g/mol. The largest absolute Gasteiger partial charge is 0.347 e. The molecule has 7 nitrogen and oxygen atoms in total. The van der Waals surface area contributed by atoms with Gasteiger partial charge in [-0.3, -0.25) is 9.48 Å². The zero-order valence-corrected chi connectivity index (χ0v) is 19.0. The Labute approximate surface area is 187 Å². The maximum Gasteiger partial charge on any atom is 0.244 e. The van der Waals surface area contributed by atoms with Crippen LogP contribution in [0.25, 0.3) is 11.1 Å². The maximum atomic E-state index is 12.9. The summed E-state index contributed by atoms with van der Waals surface area (Å²) in [5.74, 6) is 0.966. The van der Waals surface area contributed by atoms with Crippen molar-refractivity contribution in [2.45, 2.75) is 30.2 Å². The van der Waals surface area contributed by atoms with Crippen LogP contribution in [0, 0.1) is 0 Å². The SMILES string of the molecule is CSc1ccc(-c2cnc(N(C)C)nc2[C@H]2CCCN(C(=O)Cn3cccn3)C2)cc1. The molecule has 4 rings (SSSR count). The van der Waals surface area contributed by atoms with Crippen LogP contribution in [0.5, 0.6) is 0 Å². The molecule has 3 aromatic rings. The topological polar surface area (TPSA) is 67.2 Å². The van der Waals surface area contributed by atoms with Crippen LogP contribution in [-0.4, -0.2) is 64.0 Å². The first kappa shape index (κ1) is 21.4. The molecule has 3 heterocycles. The van der Waals surface area contributed by atoms with E-state index in [1.807, 2.05) is 42.4 Å². The van der Waals surface area contributed by atoms with Gasteiger partial charge in [0.15, 0.2) is 0 Å². The molecule has 0 saturated carbocycles. The third-order valence-electron chi connectivity index (χ3n) is 5.62. The van der Waals surface area contributed by atoms with Crippen LogP contribution >= 0.6 is 11.8 Å². The smallest absolute Gasteiger partial charge is 0.244 e. The Morgan fingerprint density at radius 1 is 1.26 bits per heavy atom. The van der Waals surface area contributed by atoms with Gasteiger partial charge in [0.2, 0.25) is 11.9 Å². The Morgan fingerprint density at radius 3 is 2.74 bits per heavy atom. The lowest BCUT2D eigenvalue weighted by Crippen LogP contribution is -2.41. The molecule has 0 aliphatic carbocycles. The minimum atomic E-state index is 0.0983. The number of nitrogens with zero attached hydrogens (tertiary/aromatic N) is 6. The van der Waals surface area contributed by atoms with E-state index >= 15 is 0 Å². The van der Waals surface area contributed by atoms with Crippen LogP contribution in [0.4, 0.5) is 5.95 Å². The normalized spacial score (nSPS) is 16.4. The van der Waals surface area contributed by atoms with Gasteiger partial charge in [-0.15, -0.1) is 11.8 Å². The lowest BCUT2D eigenvalue weighted by Gasteiger charge is -2.33. The summed E-state index contributed by atoms with van der Waals surface area (Å²) in [6.07, 6.45) is 9.49. The molecule has 1 aliphatic heterocycles. The van der Waals surface area contributed by atoms with Crippen LogP contribution in [0.3, 0.4) is 0 Å². The van der Waals surface area contributed by atoms with Gasteiger partial charge in [0.1, 0.15) is 6.54 Å². The number of carbonyl (C=O) groups is 1. The molecular weight excluding hydrogens is 408 g/mol. The summed E-state index contributed by atoms with van der Waals surface area (Å²) in [7, 11) is 3.90. The molecule has 1 aliphatic rings. The van der Waals surface area contributed by atoms with E-state index in [1.54, 1.807) is 22.6 Å². The number of rotatable bonds is 6. The summed E-state index contributed by atoms with van der Waals surface area (Å²) in [5.41, 5.74) is 3.18. The van der Waals surface area contributed by atoms with Crippen molar-refractivity contribution in [3.8, 4) is 11.1 Å². The summed E-state index contributed by atoms with van der Waals surface area (Å²) in [6, 6.07) is 10.4. The van der Waals surface area contributed by atoms with Gasteiger partial charge in [-0.1, -0.05) is 12.1 Å². The molecule has 162 valence electrons. The molecular formula is C23H28N6OS. The fourth-order valence-corrected chi connectivity index (χ4v) is 4.37. The highest BCUT2D eigenvalue weighted by molar-refractivity contribution is 7.98. The molecule has 1 aromatic carbocycles. The summed E-state index contributed by atoms with van der Waals surface area (Å²) in [6.45, 7) is 1.72. The minimum absolute atomic E-state index is 0.0983. The average Bonchev–Trinajstić information content (AvgIpc) is 3.32. The van der Waals surface area contributed by atoms with Crippen molar-refractivity contribution in [2.75, 3.05) is 38.3 Å². The first-order valence-electron chi connectivity index (χ1n) is 10.5. The molecule has 0 bridgehead atoms. The lowest BCUT2D eigenvalue weighted by molar-refractivity contribution is -0.133. The zero-order valence-electron chi connectivity index (χ0n) is 18.2. The first-order valence-corrected chi connectivity index (χ1v) is 11.7. The molecule has 1 atom stereocenters. The van der Waals surface area contributed by atoms with Crippen molar-refractivity contribution >= 4 is 23.6 Å². The van der Waals surface area contributed by atoms with Gasteiger partial charge in [0.05, 0.1) is 5.69 Å². The highest BCUT2D eigenvalue weighted by Crippen LogP contribution is 2.34. The van der Waals surface area contributed by atoms with Gasteiger partial charge in [0.25, 0.3) is 0 Å². The van der Waals surface area contributed by atoms with E-state index in [1.165, 1.54) is 4.90 Å². The fourth-order valence-electron chi connectivity index (χ4n) is 3.96. The van der Waals surface area contributed by atoms with Crippen LogP contribution in [0.15, 0.2) is 53.8 Å². The third kappa shape index (κ3) is 4.90. The van der Waals surface area contributed by atoms with E-state index < -0.39 is 0 Å². The quantitative estimate of drug-likeness (QED) is 0.551. The minimum Gasteiger partial charge on any atom is -0.347 e. The zero-order chi connectivity index (χ0) is 21.8. The lowest BCUT2D eigenvalue weighted by atomic mass is 9.90. The van der Waals surface area contributed by atoms with E-state index in [-0.39, 0.29) is 18.4 Å². The van der Waals surface area contributed by atoms with E-state index in [2.05, 4.69) is 40.6 Å². The van der Waals surface area contributed by atoms with E-state index in [9.17, 15) is 4.79 Å². The highest BCUT2D eigenvalue weighted by atomic mass is 32.2. The summed E-state index contributed by atoms with van der Waals surface area (Å²) in [4.78, 5) is 27.5. The van der Waals surface area contributed by atoms with Crippen molar-refractivity contribution in [3.05, 3.63) is 54.6 Å². The molecule has 1 fully saturated rings. The Kier molecular flexibility index (Phi) is 6.56. The second kappa shape index (κ2) is 9.51. The number of aromatic nitrogens is 4. The number of benzene rings is 1. The Bertz CT molecular complexity index is 1020. The molecule has 0 unspecified atom stereocenters. The summed E-state index contributed by atoms with van der Waals surface area (Å²) in [5, 5.41) is 4.17. The van der Waals surface area contributed by atoms with E-state index in [0.29, 0.717) is 12.5 Å². The number of piperidine rings is 1. The Morgan fingerprint density at radius 2 is 2.06 bits per heavy atom.